The highest BCUT2D eigenvalue weighted by molar-refractivity contribution is 5.48. The van der Waals surface area contributed by atoms with Gasteiger partial charge in [-0.15, -0.1) is 0 Å². The second-order valence-corrected chi connectivity index (χ2v) is 6.24. The van der Waals surface area contributed by atoms with Gasteiger partial charge in [0.05, 0.1) is 26.4 Å². The highest BCUT2D eigenvalue weighted by Crippen LogP contribution is 2.49. The number of methoxy groups -OCH3 is 1. The minimum absolute atomic E-state index is 0.112. The zero-order valence-corrected chi connectivity index (χ0v) is 13.3. The van der Waals surface area contributed by atoms with E-state index in [1.54, 1.807) is 7.11 Å². The van der Waals surface area contributed by atoms with Crippen LogP contribution >= 0.6 is 0 Å². The van der Waals surface area contributed by atoms with Crippen molar-refractivity contribution in [3.05, 3.63) is 23.3 Å². The molecule has 1 aliphatic heterocycles. The first-order valence-electron chi connectivity index (χ1n) is 7.42. The molecule has 0 bridgehead atoms. The van der Waals surface area contributed by atoms with Crippen molar-refractivity contribution in [3.63, 3.8) is 0 Å². The molecular formula is C17H26O3. The van der Waals surface area contributed by atoms with E-state index in [4.69, 9.17) is 14.2 Å². The molecule has 1 atom stereocenters. The Morgan fingerprint density at radius 3 is 2.55 bits per heavy atom. The van der Waals surface area contributed by atoms with Crippen molar-refractivity contribution in [2.45, 2.75) is 46.6 Å². The molecule has 0 aromatic heterocycles. The molecule has 3 heteroatoms. The summed E-state index contributed by atoms with van der Waals surface area (Å²) in [6, 6.07) is 4.14. The van der Waals surface area contributed by atoms with Crippen molar-refractivity contribution in [1.29, 1.82) is 0 Å². The summed E-state index contributed by atoms with van der Waals surface area (Å²) in [6.45, 7) is 10.2. The Labute approximate surface area is 122 Å². The molecule has 1 unspecified atom stereocenters. The molecule has 1 heterocycles. The zero-order chi connectivity index (χ0) is 14.8. The topological polar surface area (TPSA) is 27.7 Å². The first-order valence-corrected chi connectivity index (χ1v) is 7.42. The molecular weight excluding hydrogens is 252 g/mol. The molecule has 112 valence electrons. The van der Waals surface area contributed by atoms with Crippen LogP contribution in [0.3, 0.4) is 0 Å². The maximum atomic E-state index is 5.84. The normalized spacial score (nSPS) is 20.4. The summed E-state index contributed by atoms with van der Waals surface area (Å²) in [6.07, 6.45) is 2.32. The van der Waals surface area contributed by atoms with Crippen LogP contribution in [0, 0.1) is 12.3 Å². The lowest BCUT2D eigenvalue weighted by Gasteiger charge is -2.45. The van der Waals surface area contributed by atoms with Crippen LogP contribution in [0.15, 0.2) is 12.1 Å². The van der Waals surface area contributed by atoms with Gasteiger partial charge in [0.15, 0.2) is 0 Å². The molecule has 0 aliphatic carbocycles. The number of hydrogen-bond donors (Lipinski definition) is 0. The number of ether oxygens (including phenoxy) is 3. The maximum Gasteiger partial charge on any atom is 0.128 e. The Morgan fingerprint density at radius 2 is 2.05 bits per heavy atom. The minimum Gasteiger partial charge on any atom is -0.496 e. The highest BCUT2D eigenvalue weighted by atomic mass is 16.5. The van der Waals surface area contributed by atoms with Gasteiger partial charge in [0, 0.05) is 17.0 Å². The number of benzene rings is 1. The quantitative estimate of drug-likeness (QED) is 0.727. The van der Waals surface area contributed by atoms with E-state index in [1.807, 2.05) is 6.07 Å². The van der Waals surface area contributed by atoms with E-state index in [9.17, 15) is 0 Å². The summed E-state index contributed by atoms with van der Waals surface area (Å²) in [5.74, 6) is 1.77. The monoisotopic (exact) mass is 278 g/mol. The van der Waals surface area contributed by atoms with Crippen LogP contribution in [0.25, 0.3) is 0 Å². The third kappa shape index (κ3) is 2.93. The molecule has 20 heavy (non-hydrogen) atoms. The first-order chi connectivity index (χ1) is 9.49. The molecule has 1 saturated heterocycles. The third-order valence-electron chi connectivity index (χ3n) is 3.90. The number of rotatable bonds is 6. The van der Waals surface area contributed by atoms with Gasteiger partial charge >= 0.3 is 0 Å². The summed E-state index contributed by atoms with van der Waals surface area (Å²) in [5, 5.41) is 0. The van der Waals surface area contributed by atoms with E-state index in [2.05, 4.69) is 33.8 Å². The van der Waals surface area contributed by atoms with Crippen LogP contribution < -0.4 is 9.47 Å². The number of unbranched alkanes of at least 4 members (excludes halogenated alkanes) is 1. The fraction of sp³-hybridized carbons (Fsp3) is 0.647. The van der Waals surface area contributed by atoms with Gasteiger partial charge < -0.3 is 14.2 Å². The fourth-order valence-electron chi connectivity index (χ4n) is 2.57. The van der Waals surface area contributed by atoms with Gasteiger partial charge in [-0.3, -0.25) is 0 Å². The molecule has 0 spiro atoms. The Balaban J connectivity index is 2.24. The van der Waals surface area contributed by atoms with Crippen LogP contribution in [0.4, 0.5) is 0 Å². The van der Waals surface area contributed by atoms with Crippen molar-refractivity contribution < 1.29 is 14.2 Å². The third-order valence-corrected chi connectivity index (χ3v) is 3.90. The van der Waals surface area contributed by atoms with Crippen LogP contribution in [-0.4, -0.2) is 20.3 Å². The lowest BCUT2D eigenvalue weighted by atomic mass is 9.78. The molecule has 1 fully saturated rings. The van der Waals surface area contributed by atoms with E-state index in [1.165, 1.54) is 0 Å². The van der Waals surface area contributed by atoms with E-state index in [0.29, 0.717) is 0 Å². The summed E-state index contributed by atoms with van der Waals surface area (Å²) in [4.78, 5) is 0. The maximum absolute atomic E-state index is 5.84. The molecule has 0 amide bonds. The lowest BCUT2D eigenvalue weighted by Crippen LogP contribution is -2.40. The molecule has 3 nitrogen and oxygen atoms in total. The fourth-order valence-corrected chi connectivity index (χ4v) is 2.57. The summed E-state index contributed by atoms with van der Waals surface area (Å²) < 4.78 is 17.1. The van der Waals surface area contributed by atoms with Crippen LogP contribution in [0.1, 0.15) is 50.8 Å². The molecule has 0 saturated carbocycles. The van der Waals surface area contributed by atoms with E-state index < -0.39 is 0 Å². The molecule has 1 aliphatic rings. The van der Waals surface area contributed by atoms with Crippen molar-refractivity contribution in [1.82, 2.24) is 0 Å². The van der Waals surface area contributed by atoms with Gasteiger partial charge in [-0.2, -0.15) is 0 Å². The predicted molar refractivity (Wildman–Crippen MR) is 80.6 cm³/mol. The number of hydrogen-bond acceptors (Lipinski definition) is 3. The molecule has 1 aromatic carbocycles. The molecule has 0 radical (unpaired) electrons. The molecule has 1 aromatic rings. The Hall–Kier alpha value is -1.22. The summed E-state index contributed by atoms with van der Waals surface area (Å²) in [7, 11) is 1.70. The van der Waals surface area contributed by atoms with Gasteiger partial charge in [-0.25, -0.2) is 0 Å². The van der Waals surface area contributed by atoms with Crippen molar-refractivity contribution in [3.8, 4) is 11.5 Å². The van der Waals surface area contributed by atoms with Gasteiger partial charge in [0.2, 0.25) is 0 Å². The largest absolute Gasteiger partial charge is 0.496 e. The Bertz CT molecular complexity index is 466. The van der Waals surface area contributed by atoms with Gasteiger partial charge in [0.1, 0.15) is 11.5 Å². The van der Waals surface area contributed by atoms with Crippen molar-refractivity contribution in [2.24, 2.45) is 5.41 Å². The van der Waals surface area contributed by atoms with E-state index in [-0.39, 0.29) is 11.5 Å². The van der Waals surface area contributed by atoms with Gasteiger partial charge in [-0.05, 0) is 25.0 Å². The van der Waals surface area contributed by atoms with E-state index in [0.717, 1.165) is 48.7 Å². The number of aryl methyl sites for hydroxylation is 1. The average molecular weight is 278 g/mol. The zero-order valence-electron chi connectivity index (χ0n) is 13.3. The van der Waals surface area contributed by atoms with Crippen molar-refractivity contribution in [2.75, 3.05) is 20.3 Å². The van der Waals surface area contributed by atoms with Crippen LogP contribution in [0.5, 0.6) is 11.5 Å². The van der Waals surface area contributed by atoms with Crippen LogP contribution in [0.2, 0.25) is 0 Å². The molecule has 0 N–H and O–H groups in total. The minimum atomic E-state index is 0.112. The Morgan fingerprint density at radius 1 is 1.30 bits per heavy atom. The average Bonchev–Trinajstić information content (AvgIpc) is 2.40. The summed E-state index contributed by atoms with van der Waals surface area (Å²) >= 11 is 0. The lowest BCUT2D eigenvalue weighted by molar-refractivity contribution is -0.172. The highest BCUT2D eigenvalue weighted by Gasteiger charge is 2.42. The van der Waals surface area contributed by atoms with E-state index >= 15 is 0 Å². The Kier molecular flexibility index (Phi) is 4.59. The van der Waals surface area contributed by atoms with Crippen molar-refractivity contribution >= 4 is 0 Å². The van der Waals surface area contributed by atoms with Gasteiger partial charge in [0.25, 0.3) is 0 Å². The smallest absolute Gasteiger partial charge is 0.128 e. The SMILES string of the molecule is CCCCOc1cc(OC)c(C2OCC2(C)C)cc1C. The standard InChI is InChI=1S/C17H26O3/c1-6-7-8-19-14-10-15(18-5)13(9-12(14)2)16-17(3,4)11-20-16/h9-10,16H,6-8,11H2,1-5H3. The molecule has 2 rings (SSSR count). The summed E-state index contributed by atoms with van der Waals surface area (Å²) in [5.41, 5.74) is 2.44. The van der Waals surface area contributed by atoms with Gasteiger partial charge in [-0.1, -0.05) is 27.2 Å². The predicted octanol–water partition coefficient (Wildman–Crippen LogP) is 4.28. The second-order valence-electron chi connectivity index (χ2n) is 6.24. The van der Waals surface area contributed by atoms with Crippen LogP contribution in [-0.2, 0) is 4.74 Å². The second kappa shape index (κ2) is 6.04. The first kappa shape index (κ1) is 15.2.